The summed E-state index contributed by atoms with van der Waals surface area (Å²) in [6, 6.07) is -0.237. The molecular weight excluding hydrogens is 228 g/mol. The van der Waals surface area contributed by atoms with Gasteiger partial charge in [0.05, 0.1) is 24.2 Å². The Hall–Kier alpha value is -0.720. The molecule has 0 spiro atoms. The van der Waals surface area contributed by atoms with Gasteiger partial charge in [0, 0.05) is 7.11 Å². The predicted octanol–water partition coefficient (Wildman–Crippen LogP) is 0.220. The summed E-state index contributed by atoms with van der Waals surface area (Å²) in [6.07, 6.45) is 1.66. The Bertz CT molecular complexity index is 224. The maximum Gasteiger partial charge on any atom is 0.246 e. The molecule has 0 saturated carbocycles. The molecule has 3 N–H and O–H groups in total. The first-order valence-corrected chi connectivity index (χ1v) is 5.68. The molecule has 0 aromatic rings. The second kappa shape index (κ2) is 9.50. The lowest BCUT2D eigenvalue weighted by atomic mass is 10.1. The van der Waals surface area contributed by atoms with Gasteiger partial charge < -0.3 is 20.5 Å². The SMILES string of the molecule is CCCC(NC(=O)COCCOC)C(N)=S. The van der Waals surface area contributed by atoms with E-state index in [0.29, 0.717) is 18.2 Å². The summed E-state index contributed by atoms with van der Waals surface area (Å²) in [7, 11) is 1.58. The zero-order valence-electron chi connectivity index (χ0n) is 9.82. The topological polar surface area (TPSA) is 73.6 Å². The van der Waals surface area contributed by atoms with Crippen molar-refractivity contribution in [2.24, 2.45) is 5.73 Å². The van der Waals surface area contributed by atoms with Crippen molar-refractivity contribution in [2.75, 3.05) is 26.9 Å². The molecule has 0 fully saturated rings. The zero-order chi connectivity index (χ0) is 12.4. The van der Waals surface area contributed by atoms with Gasteiger partial charge in [0.25, 0.3) is 0 Å². The predicted molar refractivity (Wildman–Crippen MR) is 66.3 cm³/mol. The van der Waals surface area contributed by atoms with Gasteiger partial charge in [-0.1, -0.05) is 25.6 Å². The molecule has 1 unspecified atom stereocenters. The van der Waals surface area contributed by atoms with Gasteiger partial charge in [-0.3, -0.25) is 4.79 Å². The van der Waals surface area contributed by atoms with Gasteiger partial charge in [-0.25, -0.2) is 0 Å². The van der Waals surface area contributed by atoms with Gasteiger partial charge in [-0.2, -0.15) is 0 Å². The number of carbonyl (C=O) groups excluding carboxylic acids is 1. The average Bonchev–Trinajstić information content (AvgIpc) is 2.23. The van der Waals surface area contributed by atoms with E-state index in [1.54, 1.807) is 7.11 Å². The maximum atomic E-state index is 11.4. The average molecular weight is 248 g/mol. The molecule has 94 valence electrons. The molecular formula is C10H20N2O3S. The second-order valence-electron chi connectivity index (χ2n) is 3.36. The first kappa shape index (κ1) is 15.3. The monoisotopic (exact) mass is 248 g/mol. The summed E-state index contributed by atoms with van der Waals surface area (Å²) in [4.78, 5) is 11.7. The van der Waals surface area contributed by atoms with E-state index in [0.717, 1.165) is 12.8 Å². The number of carbonyl (C=O) groups is 1. The summed E-state index contributed by atoms with van der Waals surface area (Å²) >= 11 is 4.86. The van der Waals surface area contributed by atoms with Crippen LogP contribution in [0.5, 0.6) is 0 Å². The van der Waals surface area contributed by atoms with Crippen LogP contribution in [0.15, 0.2) is 0 Å². The molecule has 0 aliphatic heterocycles. The molecule has 5 nitrogen and oxygen atoms in total. The third-order valence-electron chi connectivity index (χ3n) is 1.92. The Labute approximate surface area is 102 Å². The van der Waals surface area contributed by atoms with E-state index in [1.807, 2.05) is 6.92 Å². The molecule has 0 heterocycles. The molecule has 0 rings (SSSR count). The standard InChI is InChI=1S/C10H20N2O3S/c1-3-4-8(10(11)16)12-9(13)7-15-6-5-14-2/h8H,3-7H2,1-2H3,(H2,11,16)(H,12,13). The highest BCUT2D eigenvalue weighted by Gasteiger charge is 2.13. The van der Waals surface area contributed by atoms with Crippen molar-refractivity contribution >= 4 is 23.1 Å². The molecule has 6 heteroatoms. The lowest BCUT2D eigenvalue weighted by Crippen LogP contribution is -2.44. The number of hydrogen-bond acceptors (Lipinski definition) is 4. The van der Waals surface area contributed by atoms with Crippen molar-refractivity contribution in [2.45, 2.75) is 25.8 Å². The Balaban J connectivity index is 3.77. The third kappa shape index (κ3) is 7.56. The lowest BCUT2D eigenvalue weighted by Gasteiger charge is -2.16. The minimum Gasteiger partial charge on any atom is -0.392 e. The van der Waals surface area contributed by atoms with Crippen LogP contribution in [-0.4, -0.2) is 43.9 Å². The van der Waals surface area contributed by atoms with Gasteiger partial charge in [0.15, 0.2) is 0 Å². The van der Waals surface area contributed by atoms with Crippen LogP contribution >= 0.6 is 12.2 Å². The van der Waals surface area contributed by atoms with Crippen LogP contribution in [0.3, 0.4) is 0 Å². The van der Waals surface area contributed by atoms with Gasteiger partial charge in [0.1, 0.15) is 6.61 Å². The van der Waals surface area contributed by atoms with Crippen LogP contribution in [0.25, 0.3) is 0 Å². The fourth-order valence-electron chi connectivity index (χ4n) is 1.12. The van der Waals surface area contributed by atoms with Gasteiger partial charge >= 0.3 is 0 Å². The largest absolute Gasteiger partial charge is 0.392 e. The van der Waals surface area contributed by atoms with Crippen molar-refractivity contribution in [3.8, 4) is 0 Å². The number of hydrogen-bond donors (Lipinski definition) is 2. The number of amides is 1. The number of rotatable bonds is 9. The van der Waals surface area contributed by atoms with E-state index < -0.39 is 0 Å². The van der Waals surface area contributed by atoms with E-state index in [9.17, 15) is 4.79 Å². The van der Waals surface area contributed by atoms with E-state index in [2.05, 4.69) is 5.32 Å². The second-order valence-corrected chi connectivity index (χ2v) is 3.83. The molecule has 0 aliphatic carbocycles. The molecule has 16 heavy (non-hydrogen) atoms. The Morgan fingerprint density at radius 2 is 2.19 bits per heavy atom. The fraction of sp³-hybridized carbons (Fsp3) is 0.800. The molecule has 1 atom stereocenters. The number of methoxy groups -OCH3 is 1. The van der Waals surface area contributed by atoms with Crippen molar-refractivity contribution in [3.63, 3.8) is 0 Å². The van der Waals surface area contributed by atoms with Crippen LogP contribution < -0.4 is 11.1 Å². The van der Waals surface area contributed by atoms with Crippen molar-refractivity contribution < 1.29 is 14.3 Å². The van der Waals surface area contributed by atoms with Gasteiger partial charge in [-0.05, 0) is 6.42 Å². The Morgan fingerprint density at radius 1 is 1.50 bits per heavy atom. The number of ether oxygens (including phenoxy) is 2. The molecule has 0 aromatic heterocycles. The van der Waals surface area contributed by atoms with E-state index in [-0.39, 0.29) is 18.6 Å². The summed E-state index contributed by atoms with van der Waals surface area (Å²) in [5.41, 5.74) is 5.50. The lowest BCUT2D eigenvalue weighted by molar-refractivity contribution is -0.126. The smallest absolute Gasteiger partial charge is 0.246 e. The van der Waals surface area contributed by atoms with Gasteiger partial charge in [-0.15, -0.1) is 0 Å². The van der Waals surface area contributed by atoms with Crippen LogP contribution in [0.2, 0.25) is 0 Å². The number of nitrogens with one attached hydrogen (secondary N) is 1. The van der Waals surface area contributed by atoms with Crippen molar-refractivity contribution in [1.82, 2.24) is 5.32 Å². The highest BCUT2D eigenvalue weighted by atomic mass is 32.1. The van der Waals surface area contributed by atoms with E-state index in [1.165, 1.54) is 0 Å². The number of nitrogens with two attached hydrogens (primary N) is 1. The van der Waals surface area contributed by atoms with Crippen LogP contribution in [0.1, 0.15) is 19.8 Å². The van der Waals surface area contributed by atoms with Crippen LogP contribution in [0, 0.1) is 0 Å². The molecule has 1 amide bonds. The quantitative estimate of drug-likeness (QED) is 0.451. The van der Waals surface area contributed by atoms with Crippen molar-refractivity contribution in [1.29, 1.82) is 0 Å². The first-order chi connectivity index (χ1) is 7.61. The van der Waals surface area contributed by atoms with Gasteiger partial charge in [0.2, 0.25) is 5.91 Å². The molecule has 0 aromatic carbocycles. The summed E-state index contributed by atoms with van der Waals surface area (Å²) < 4.78 is 9.86. The minimum absolute atomic E-state index is 0.00614. The molecule has 0 saturated heterocycles. The number of thiocarbonyl (C=S) groups is 1. The Kier molecular flexibility index (Phi) is 9.07. The zero-order valence-corrected chi connectivity index (χ0v) is 10.6. The highest BCUT2D eigenvalue weighted by molar-refractivity contribution is 7.80. The minimum atomic E-state index is -0.237. The maximum absolute atomic E-state index is 11.4. The third-order valence-corrected chi connectivity index (χ3v) is 2.21. The summed E-state index contributed by atoms with van der Waals surface area (Å²) in [6.45, 7) is 2.88. The highest BCUT2D eigenvalue weighted by Crippen LogP contribution is 1.97. The first-order valence-electron chi connectivity index (χ1n) is 5.27. The molecule has 0 bridgehead atoms. The molecule has 0 aliphatic rings. The van der Waals surface area contributed by atoms with Crippen molar-refractivity contribution in [3.05, 3.63) is 0 Å². The molecule has 0 radical (unpaired) electrons. The van der Waals surface area contributed by atoms with E-state index in [4.69, 9.17) is 27.4 Å². The fourth-order valence-corrected chi connectivity index (χ4v) is 1.29. The summed E-state index contributed by atoms with van der Waals surface area (Å²) in [5, 5.41) is 2.72. The normalized spacial score (nSPS) is 12.1. The summed E-state index contributed by atoms with van der Waals surface area (Å²) in [5.74, 6) is -0.206. The van der Waals surface area contributed by atoms with E-state index >= 15 is 0 Å². The van der Waals surface area contributed by atoms with Crippen LogP contribution in [0.4, 0.5) is 0 Å². The van der Waals surface area contributed by atoms with Crippen LogP contribution in [-0.2, 0) is 14.3 Å². The Morgan fingerprint density at radius 3 is 2.69 bits per heavy atom.